The number of halogens is 4. The summed E-state index contributed by atoms with van der Waals surface area (Å²) in [6, 6.07) is 5.51. The first-order valence-electron chi connectivity index (χ1n) is 6.38. The summed E-state index contributed by atoms with van der Waals surface area (Å²) < 4.78 is 44.3. The number of furan rings is 1. The Hall–Kier alpha value is -1.43. The molecule has 0 aliphatic carbocycles. The summed E-state index contributed by atoms with van der Waals surface area (Å²) in [4.78, 5) is 0. The number of hydrogen-bond acceptors (Lipinski definition) is 2. The van der Waals surface area contributed by atoms with Crippen molar-refractivity contribution in [2.24, 2.45) is 0 Å². The molecule has 0 amide bonds. The van der Waals surface area contributed by atoms with Gasteiger partial charge in [0.15, 0.2) is 0 Å². The molecule has 0 spiro atoms. The van der Waals surface area contributed by atoms with Gasteiger partial charge in [-0.25, -0.2) is 0 Å². The molecule has 0 saturated heterocycles. The SMILES string of the molecule is Cc1cc(C(C)Nc2cc(Br)cc(C(F)(F)F)c2)c(C)o1. The molecule has 1 heterocycles. The minimum absolute atomic E-state index is 0.155. The molecule has 0 aliphatic rings. The van der Waals surface area contributed by atoms with E-state index in [2.05, 4.69) is 21.2 Å². The second-order valence-corrected chi connectivity index (χ2v) is 5.88. The molecule has 1 aromatic heterocycles. The fourth-order valence-electron chi connectivity index (χ4n) is 2.24. The molecule has 1 atom stereocenters. The Morgan fingerprint density at radius 2 is 1.81 bits per heavy atom. The maximum Gasteiger partial charge on any atom is 0.416 e. The largest absolute Gasteiger partial charge is 0.466 e. The first-order chi connectivity index (χ1) is 9.66. The minimum atomic E-state index is -4.37. The van der Waals surface area contributed by atoms with Crippen molar-refractivity contribution in [3.63, 3.8) is 0 Å². The van der Waals surface area contributed by atoms with Crippen LogP contribution in [0.1, 0.15) is 35.6 Å². The molecule has 2 nitrogen and oxygen atoms in total. The van der Waals surface area contributed by atoms with Crippen molar-refractivity contribution in [1.82, 2.24) is 0 Å². The van der Waals surface area contributed by atoms with Crippen LogP contribution in [0.3, 0.4) is 0 Å². The van der Waals surface area contributed by atoms with Crippen LogP contribution in [-0.4, -0.2) is 0 Å². The minimum Gasteiger partial charge on any atom is -0.466 e. The van der Waals surface area contributed by atoms with Crippen molar-refractivity contribution in [1.29, 1.82) is 0 Å². The molecule has 0 saturated carbocycles. The zero-order valence-electron chi connectivity index (χ0n) is 11.8. The number of benzene rings is 1. The maximum atomic E-state index is 12.8. The third-order valence-electron chi connectivity index (χ3n) is 3.15. The van der Waals surface area contributed by atoms with Crippen molar-refractivity contribution >= 4 is 21.6 Å². The molecule has 114 valence electrons. The lowest BCUT2D eigenvalue weighted by Gasteiger charge is -2.17. The van der Waals surface area contributed by atoms with Gasteiger partial charge in [-0.05, 0) is 45.0 Å². The van der Waals surface area contributed by atoms with E-state index >= 15 is 0 Å². The lowest BCUT2D eigenvalue weighted by molar-refractivity contribution is -0.137. The third-order valence-corrected chi connectivity index (χ3v) is 3.61. The average molecular weight is 362 g/mol. The van der Waals surface area contributed by atoms with Crippen LogP contribution in [0.25, 0.3) is 0 Å². The molecule has 1 unspecified atom stereocenters. The third kappa shape index (κ3) is 3.81. The fraction of sp³-hybridized carbons (Fsp3) is 0.333. The lowest BCUT2D eigenvalue weighted by atomic mass is 10.1. The summed E-state index contributed by atoms with van der Waals surface area (Å²) >= 11 is 3.11. The Kier molecular flexibility index (Phi) is 4.37. The monoisotopic (exact) mass is 361 g/mol. The van der Waals surface area contributed by atoms with E-state index in [9.17, 15) is 13.2 Å². The summed E-state index contributed by atoms with van der Waals surface area (Å²) in [5.74, 6) is 1.54. The summed E-state index contributed by atoms with van der Waals surface area (Å²) in [6.07, 6.45) is -4.37. The highest BCUT2D eigenvalue weighted by Crippen LogP contribution is 2.34. The van der Waals surface area contributed by atoms with E-state index in [0.29, 0.717) is 10.2 Å². The Bertz CT molecular complexity index is 649. The van der Waals surface area contributed by atoms with Crippen molar-refractivity contribution in [3.05, 3.63) is 51.4 Å². The van der Waals surface area contributed by atoms with E-state index in [1.165, 1.54) is 0 Å². The summed E-state index contributed by atoms with van der Waals surface area (Å²) in [5.41, 5.74) is 0.648. The molecule has 2 rings (SSSR count). The second kappa shape index (κ2) is 5.75. The van der Waals surface area contributed by atoms with E-state index in [4.69, 9.17) is 4.42 Å². The van der Waals surface area contributed by atoms with E-state index < -0.39 is 11.7 Å². The highest BCUT2D eigenvalue weighted by molar-refractivity contribution is 9.10. The topological polar surface area (TPSA) is 25.2 Å². The first kappa shape index (κ1) is 15.9. The lowest BCUT2D eigenvalue weighted by Crippen LogP contribution is -2.09. The van der Waals surface area contributed by atoms with Gasteiger partial charge in [0.1, 0.15) is 11.5 Å². The van der Waals surface area contributed by atoms with Crippen molar-refractivity contribution < 1.29 is 17.6 Å². The second-order valence-electron chi connectivity index (χ2n) is 4.96. The van der Waals surface area contributed by atoms with Gasteiger partial charge in [-0.3, -0.25) is 0 Å². The van der Waals surface area contributed by atoms with Crippen molar-refractivity contribution in [2.75, 3.05) is 5.32 Å². The van der Waals surface area contributed by atoms with E-state index in [0.717, 1.165) is 29.2 Å². The predicted molar refractivity (Wildman–Crippen MR) is 79.4 cm³/mol. The number of nitrogens with one attached hydrogen (secondary N) is 1. The summed E-state index contributed by atoms with van der Waals surface area (Å²) in [7, 11) is 0. The summed E-state index contributed by atoms with van der Waals surface area (Å²) in [6.45, 7) is 5.55. The number of alkyl halides is 3. The van der Waals surface area contributed by atoms with Crippen LogP contribution in [0.4, 0.5) is 18.9 Å². The van der Waals surface area contributed by atoms with Gasteiger partial charge in [0.05, 0.1) is 11.6 Å². The van der Waals surface area contributed by atoms with E-state index in [1.54, 1.807) is 6.07 Å². The summed E-state index contributed by atoms with van der Waals surface area (Å²) in [5, 5.41) is 3.08. The normalized spacial score (nSPS) is 13.3. The number of rotatable bonds is 3. The number of hydrogen-bond donors (Lipinski definition) is 1. The fourth-order valence-corrected chi connectivity index (χ4v) is 2.74. The Morgan fingerprint density at radius 1 is 1.14 bits per heavy atom. The first-order valence-corrected chi connectivity index (χ1v) is 7.17. The molecule has 0 bridgehead atoms. The van der Waals surface area contributed by atoms with Gasteiger partial charge in [-0.15, -0.1) is 0 Å². The highest BCUT2D eigenvalue weighted by atomic mass is 79.9. The molecule has 21 heavy (non-hydrogen) atoms. The molecular weight excluding hydrogens is 347 g/mol. The molecular formula is C15H15BrF3NO. The molecule has 0 aliphatic heterocycles. The molecule has 1 aromatic carbocycles. The maximum absolute atomic E-state index is 12.8. The highest BCUT2D eigenvalue weighted by Gasteiger charge is 2.31. The van der Waals surface area contributed by atoms with Gasteiger partial charge in [-0.1, -0.05) is 15.9 Å². The van der Waals surface area contributed by atoms with Gasteiger partial charge in [0.2, 0.25) is 0 Å². The van der Waals surface area contributed by atoms with Gasteiger partial charge in [0, 0.05) is 15.7 Å². The van der Waals surface area contributed by atoms with Crippen LogP contribution < -0.4 is 5.32 Å². The van der Waals surface area contributed by atoms with Gasteiger partial charge in [-0.2, -0.15) is 13.2 Å². The van der Waals surface area contributed by atoms with Gasteiger partial charge in [0.25, 0.3) is 0 Å². The van der Waals surface area contributed by atoms with Crippen LogP contribution in [0.2, 0.25) is 0 Å². The van der Waals surface area contributed by atoms with E-state index in [-0.39, 0.29) is 6.04 Å². The molecule has 0 radical (unpaired) electrons. The number of anilines is 1. The number of aryl methyl sites for hydroxylation is 2. The Labute approximate surface area is 129 Å². The molecule has 2 aromatic rings. The van der Waals surface area contributed by atoms with Crippen LogP contribution in [0.15, 0.2) is 33.2 Å². The van der Waals surface area contributed by atoms with Crippen molar-refractivity contribution in [2.45, 2.75) is 33.0 Å². The van der Waals surface area contributed by atoms with Gasteiger partial charge < -0.3 is 9.73 Å². The zero-order valence-corrected chi connectivity index (χ0v) is 13.4. The van der Waals surface area contributed by atoms with E-state index in [1.807, 2.05) is 26.8 Å². The molecule has 6 heteroatoms. The Balaban J connectivity index is 2.27. The molecule has 1 N–H and O–H groups in total. The van der Waals surface area contributed by atoms with Crippen LogP contribution in [-0.2, 0) is 6.18 Å². The van der Waals surface area contributed by atoms with Crippen LogP contribution >= 0.6 is 15.9 Å². The average Bonchev–Trinajstić information content (AvgIpc) is 2.66. The smallest absolute Gasteiger partial charge is 0.416 e. The molecule has 0 fully saturated rings. The van der Waals surface area contributed by atoms with Gasteiger partial charge >= 0.3 is 6.18 Å². The standard InChI is InChI=1S/C15H15BrF3NO/c1-8-4-14(10(3)21-8)9(2)20-13-6-11(15(17,18)19)5-12(16)7-13/h4-7,9,20H,1-3H3. The van der Waals surface area contributed by atoms with Crippen LogP contribution in [0, 0.1) is 13.8 Å². The zero-order chi connectivity index (χ0) is 15.8. The van der Waals surface area contributed by atoms with Crippen LogP contribution in [0.5, 0.6) is 0 Å². The quantitative estimate of drug-likeness (QED) is 0.741. The predicted octanol–water partition coefficient (Wildman–Crippen LogP) is 5.85. The Morgan fingerprint density at radius 3 is 2.33 bits per heavy atom. The van der Waals surface area contributed by atoms with Crippen molar-refractivity contribution in [3.8, 4) is 0 Å².